The predicted molar refractivity (Wildman–Crippen MR) is 233 cm³/mol. The van der Waals surface area contributed by atoms with Gasteiger partial charge in [-0.15, -0.1) is 0 Å². The van der Waals surface area contributed by atoms with E-state index in [9.17, 15) is 9.90 Å². The number of carboxylic acid groups (broad SMARTS) is 1. The van der Waals surface area contributed by atoms with E-state index in [4.69, 9.17) is 31.5 Å². The number of halogens is 1. The number of carbonyl (C=O) groups is 1. The lowest BCUT2D eigenvalue weighted by Gasteiger charge is -2.47. The molecule has 4 aliphatic rings. The van der Waals surface area contributed by atoms with Crippen molar-refractivity contribution in [1.29, 1.82) is 0 Å². The normalized spacial score (nSPS) is 20.5. The molecule has 2 bridgehead atoms. The molecule has 3 saturated carbocycles. The monoisotopic (exact) mass is 800 g/mol. The van der Waals surface area contributed by atoms with Crippen molar-refractivity contribution >= 4 is 46.1 Å². The average molecular weight is 801 g/mol. The van der Waals surface area contributed by atoms with Crippen LogP contribution in [0.4, 0.5) is 17.3 Å². The molecule has 4 fully saturated rings. The van der Waals surface area contributed by atoms with Crippen molar-refractivity contribution in [3.8, 4) is 11.4 Å². The number of nitrogens with one attached hydrogen (secondary N) is 1. The summed E-state index contributed by atoms with van der Waals surface area (Å²) in [4.78, 5) is 38.0. The minimum Gasteiger partial charge on any atom is -0.481 e. The summed E-state index contributed by atoms with van der Waals surface area (Å²) in [6.07, 6.45) is 7.61. The van der Waals surface area contributed by atoms with Gasteiger partial charge >= 0.3 is 5.97 Å². The molecule has 11 rings (SSSR count). The Hall–Kier alpha value is -6.26. The van der Waals surface area contributed by atoms with Gasteiger partial charge < -0.3 is 24.8 Å². The molecule has 2 atom stereocenters. The fraction of sp³-hybridized carbons (Fsp3) is 0.271. The maximum absolute atomic E-state index is 12.8. The van der Waals surface area contributed by atoms with Crippen LogP contribution in [-0.4, -0.2) is 67.8 Å². The third-order valence-corrected chi connectivity index (χ3v) is 13.1. The lowest BCUT2D eigenvalue weighted by Crippen LogP contribution is -2.51. The van der Waals surface area contributed by atoms with E-state index in [0.717, 1.165) is 74.4 Å². The van der Waals surface area contributed by atoms with Gasteiger partial charge in [0.15, 0.2) is 11.5 Å². The number of piperazine rings is 1. The molecule has 10 nitrogen and oxygen atoms in total. The van der Waals surface area contributed by atoms with Crippen LogP contribution in [0.25, 0.3) is 22.6 Å². The highest BCUT2D eigenvalue weighted by Gasteiger charge is 2.48. The summed E-state index contributed by atoms with van der Waals surface area (Å²) in [5.41, 5.74) is 5.31. The Bertz CT molecular complexity index is 2480. The standard InChI is InChI=1S/C48H45ClN8O2/c49-39-30-50-46-44(51-39)38(31-57(46)48(34-13-5-1-6-14-34,35-15-7-2-8-16-35)36-17-9-3-10-18-36)45-53-40(52-43-33-23-21-32(22-24-33)42(43)47(58)59)29-41(54-45)56-27-25-55(26-28-56)37-19-11-4-12-20-37/h1-20,29-33,42-43H,21-28H2,(H,58,59)(H,52,53,54)/t32?,33?,42-,43-/m0/s1. The summed E-state index contributed by atoms with van der Waals surface area (Å²) in [6, 6.07) is 43.7. The smallest absolute Gasteiger partial charge is 0.308 e. The summed E-state index contributed by atoms with van der Waals surface area (Å²) in [6.45, 7) is 3.16. The zero-order chi connectivity index (χ0) is 39.9. The van der Waals surface area contributed by atoms with Gasteiger partial charge in [-0.2, -0.15) is 0 Å². The van der Waals surface area contributed by atoms with Gasteiger partial charge in [-0.1, -0.05) is 121 Å². The van der Waals surface area contributed by atoms with Crippen molar-refractivity contribution in [2.45, 2.75) is 37.3 Å². The van der Waals surface area contributed by atoms with E-state index < -0.39 is 17.4 Å². The highest BCUT2D eigenvalue weighted by Crippen LogP contribution is 2.47. The molecule has 2 N–H and O–H groups in total. The summed E-state index contributed by atoms with van der Waals surface area (Å²) < 4.78 is 2.20. The van der Waals surface area contributed by atoms with E-state index in [-0.39, 0.29) is 23.0 Å². The van der Waals surface area contributed by atoms with Crippen LogP contribution in [0.3, 0.4) is 0 Å². The lowest BCUT2D eigenvalue weighted by atomic mass is 9.61. The number of benzene rings is 4. The van der Waals surface area contributed by atoms with Gasteiger partial charge in [0.2, 0.25) is 0 Å². The summed E-state index contributed by atoms with van der Waals surface area (Å²) in [5.74, 6) is 1.03. The van der Waals surface area contributed by atoms with Crippen LogP contribution >= 0.6 is 11.6 Å². The molecule has 11 heteroatoms. The third kappa shape index (κ3) is 6.65. The second-order valence-electron chi connectivity index (χ2n) is 16.0. The number of aliphatic carboxylic acids is 1. The average Bonchev–Trinajstić information content (AvgIpc) is 3.67. The van der Waals surface area contributed by atoms with Gasteiger partial charge in [-0.05, 0) is 66.3 Å². The van der Waals surface area contributed by atoms with Gasteiger partial charge in [0.25, 0.3) is 0 Å². The van der Waals surface area contributed by atoms with Crippen LogP contribution in [0.5, 0.6) is 0 Å². The summed E-state index contributed by atoms with van der Waals surface area (Å²) >= 11 is 6.71. The molecule has 1 aliphatic heterocycles. The van der Waals surface area contributed by atoms with E-state index in [1.807, 2.05) is 30.3 Å². The van der Waals surface area contributed by atoms with Crippen LogP contribution in [0.2, 0.25) is 5.15 Å². The molecule has 0 unspecified atom stereocenters. The van der Waals surface area contributed by atoms with E-state index in [1.165, 1.54) is 5.69 Å². The maximum atomic E-state index is 12.8. The van der Waals surface area contributed by atoms with Gasteiger partial charge in [0.05, 0.1) is 17.7 Å². The quantitative estimate of drug-likeness (QED) is 0.131. The van der Waals surface area contributed by atoms with E-state index in [1.54, 1.807) is 6.20 Å². The first-order valence-corrected chi connectivity index (χ1v) is 21.0. The molecule has 1 saturated heterocycles. The summed E-state index contributed by atoms with van der Waals surface area (Å²) in [5, 5.41) is 14.5. The Morgan fingerprint density at radius 3 is 1.81 bits per heavy atom. The molecule has 7 aromatic rings. The Kier molecular flexibility index (Phi) is 9.72. The number of para-hydroxylation sites is 1. The van der Waals surface area contributed by atoms with E-state index in [0.29, 0.717) is 28.4 Å². The number of hydrogen-bond acceptors (Lipinski definition) is 8. The molecule has 0 radical (unpaired) electrons. The van der Waals surface area contributed by atoms with Crippen LogP contribution in [0.15, 0.2) is 140 Å². The van der Waals surface area contributed by atoms with Crippen molar-refractivity contribution in [3.05, 3.63) is 162 Å². The van der Waals surface area contributed by atoms with Gasteiger partial charge in [-0.25, -0.2) is 19.9 Å². The number of hydrogen-bond donors (Lipinski definition) is 2. The molecule has 4 aromatic carbocycles. The van der Waals surface area contributed by atoms with Crippen molar-refractivity contribution in [2.24, 2.45) is 17.8 Å². The first-order chi connectivity index (χ1) is 29.0. The molecule has 3 aromatic heterocycles. The maximum Gasteiger partial charge on any atom is 0.308 e. The minimum atomic E-state index is -0.884. The molecular formula is C48H45ClN8O2. The Balaban J connectivity index is 1.16. The minimum absolute atomic E-state index is 0.152. The van der Waals surface area contributed by atoms with Crippen molar-refractivity contribution < 1.29 is 9.90 Å². The number of carboxylic acids is 1. The van der Waals surface area contributed by atoms with Crippen LogP contribution in [-0.2, 0) is 10.3 Å². The molecule has 0 spiro atoms. The fourth-order valence-corrected chi connectivity index (χ4v) is 10.3. The number of aromatic nitrogens is 5. The van der Waals surface area contributed by atoms with Gasteiger partial charge in [0, 0.05) is 50.2 Å². The number of rotatable bonds is 10. The first kappa shape index (κ1) is 37.0. The zero-order valence-electron chi connectivity index (χ0n) is 32.6. The van der Waals surface area contributed by atoms with Crippen LogP contribution in [0.1, 0.15) is 42.4 Å². The second-order valence-corrected chi connectivity index (χ2v) is 16.4. The SMILES string of the molecule is O=C(O)[C@H]1C2CCC(CC2)[C@@H]1Nc1cc(N2CCN(c3ccccc3)CC2)nc(-c2cn(C(c3ccccc3)(c3ccccc3)c3ccccc3)c3ncc(Cl)nc23)n1. The van der Waals surface area contributed by atoms with E-state index >= 15 is 0 Å². The van der Waals surface area contributed by atoms with Gasteiger partial charge in [0.1, 0.15) is 27.8 Å². The Morgan fingerprint density at radius 1 is 0.695 bits per heavy atom. The topological polar surface area (TPSA) is 112 Å². The number of nitrogens with zero attached hydrogens (tertiary/aromatic N) is 7. The molecule has 3 aliphatic carbocycles. The lowest BCUT2D eigenvalue weighted by molar-refractivity contribution is -0.148. The molecule has 59 heavy (non-hydrogen) atoms. The highest BCUT2D eigenvalue weighted by atomic mass is 35.5. The molecular weight excluding hydrogens is 756 g/mol. The fourth-order valence-electron chi connectivity index (χ4n) is 10.2. The molecule has 296 valence electrons. The first-order valence-electron chi connectivity index (χ1n) is 20.6. The predicted octanol–water partition coefficient (Wildman–Crippen LogP) is 9.01. The van der Waals surface area contributed by atoms with Crippen molar-refractivity contribution in [3.63, 3.8) is 0 Å². The van der Waals surface area contributed by atoms with E-state index in [2.05, 4.69) is 123 Å². The second kappa shape index (κ2) is 15.5. The molecule has 0 amide bonds. The number of fused-ring (bicyclic) bond motifs is 4. The van der Waals surface area contributed by atoms with Gasteiger partial charge in [-0.3, -0.25) is 4.79 Å². The number of anilines is 3. The van der Waals surface area contributed by atoms with Crippen molar-refractivity contribution in [1.82, 2.24) is 24.5 Å². The van der Waals surface area contributed by atoms with Crippen molar-refractivity contribution in [2.75, 3.05) is 41.3 Å². The molecule has 4 heterocycles. The zero-order valence-corrected chi connectivity index (χ0v) is 33.4. The largest absolute Gasteiger partial charge is 0.481 e. The highest BCUT2D eigenvalue weighted by molar-refractivity contribution is 6.29. The van der Waals surface area contributed by atoms with Crippen LogP contribution < -0.4 is 15.1 Å². The third-order valence-electron chi connectivity index (χ3n) is 12.9. The Morgan fingerprint density at radius 2 is 1.24 bits per heavy atom. The summed E-state index contributed by atoms with van der Waals surface area (Å²) in [7, 11) is 0. The Labute approximate surface area is 348 Å². The van der Waals surface area contributed by atoms with Crippen LogP contribution in [0, 0.1) is 17.8 Å².